The molecule has 2 amide bonds. The van der Waals surface area contributed by atoms with Gasteiger partial charge in [-0.05, 0) is 17.3 Å². The fraction of sp³-hybridized carbons (Fsp3) is 0.182. The average molecular weight is 260 g/mol. The van der Waals surface area contributed by atoms with Gasteiger partial charge in [0.2, 0.25) is 0 Å². The Hall–Kier alpha value is -2.77. The van der Waals surface area contributed by atoms with Gasteiger partial charge in [0.1, 0.15) is 0 Å². The predicted octanol–water partition coefficient (Wildman–Crippen LogP) is 0.154. The molecule has 19 heavy (non-hydrogen) atoms. The van der Waals surface area contributed by atoms with E-state index in [-0.39, 0.29) is 11.7 Å². The highest BCUT2D eigenvalue weighted by atomic mass is 16.2. The van der Waals surface area contributed by atoms with Gasteiger partial charge in [0.25, 0.3) is 17.6 Å². The van der Waals surface area contributed by atoms with E-state index in [1.165, 1.54) is 4.90 Å². The van der Waals surface area contributed by atoms with Gasteiger partial charge in [0.15, 0.2) is 0 Å². The van der Waals surface area contributed by atoms with Crippen LogP contribution in [0.15, 0.2) is 24.3 Å². The number of hydrogen-bond donors (Lipinski definition) is 2. The number of para-hydroxylation sites is 1. The largest absolute Gasteiger partial charge is 0.345 e. The van der Waals surface area contributed by atoms with E-state index in [0.29, 0.717) is 11.3 Å². The van der Waals surface area contributed by atoms with Gasteiger partial charge in [0, 0.05) is 14.1 Å². The molecule has 2 rings (SSSR count). The van der Waals surface area contributed by atoms with Crippen molar-refractivity contribution in [3.05, 3.63) is 35.7 Å². The van der Waals surface area contributed by atoms with Gasteiger partial charge in [-0.3, -0.25) is 9.59 Å². The van der Waals surface area contributed by atoms with Crippen molar-refractivity contribution in [1.29, 1.82) is 0 Å². The molecule has 8 heteroatoms. The smallest absolute Gasteiger partial charge is 0.297 e. The van der Waals surface area contributed by atoms with Gasteiger partial charge >= 0.3 is 0 Å². The van der Waals surface area contributed by atoms with Gasteiger partial charge in [-0.2, -0.15) is 5.21 Å². The lowest BCUT2D eigenvalue weighted by Gasteiger charge is -2.13. The first-order valence-electron chi connectivity index (χ1n) is 5.45. The van der Waals surface area contributed by atoms with Crippen LogP contribution in [0, 0.1) is 0 Å². The Morgan fingerprint density at radius 1 is 1.26 bits per heavy atom. The highest BCUT2D eigenvalue weighted by Crippen LogP contribution is 2.16. The minimum atomic E-state index is -0.534. The maximum absolute atomic E-state index is 12.0. The second kappa shape index (κ2) is 5.25. The summed E-state index contributed by atoms with van der Waals surface area (Å²) < 4.78 is 0. The molecule has 2 N–H and O–H groups in total. The first-order chi connectivity index (χ1) is 9.09. The summed E-state index contributed by atoms with van der Waals surface area (Å²) in [5, 5.41) is 15.2. The molecule has 8 nitrogen and oxygen atoms in total. The molecule has 2 aromatic rings. The lowest BCUT2D eigenvalue weighted by molar-refractivity contribution is 0.0828. The van der Waals surface area contributed by atoms with Crippen molar-refractivity contribution in [2.75, 3.05) is 19.4 Å². The van der Waals surface area contributed by atoms with Crippen LogP contribution in [0.3, 0.4) is 0 Å². The summed E-state index contributed by atoms with van der Waals surface area (Å²) in [5.74, 6) is -0.830. The number of carbonyl (C=O) groups is 2. The van der Waals surface area contributed by atoms with Crippen molar-refractivity contribution in [2.45, 2.75) is 0 Å². The Morgan fingerprint density at radius 3 is 2.63 bits per heavy atom. The van der Waals surface area contributed by atoms with E-state index in [4.69, 9.17) is 0 Å². The Balaban J connectivity index is 2.26. The van der Waals surface area contributed by atoms with Crippen LogP contribution in [0.1, 0.15) is 21.0 Å². The monoisotopic (exact) mass is 260 g/mol. The molecule has 1 heterocycles. The van der Waals surface area contributed by atoms with Gasteiger partial charge in [0.05, 0.1) is 11.3 Å². The Labute approximate surface area is 108 Å². The summed E-state index contributed by atoms with van der Waals surface area (Å²) in [6, 6.07) is 6.71. The van der Waals surface area contributed by atoms with Gasteiger partial charge in [-0.25, -0.2) is 0 Å². The molecule has 0 aliphatic rings. The lowest BCUT2D eigenvalue weighted by atomic mass is 10.1. The molecular weight excluding hydrogens is 248 g/mol. The van der Waals surface area contributed by atoms with Crippen LogP contribution in [0.4, 0.5) is 5.69 Å². The molecule has 1 aromatic carbocycles. The number of tetrazole rings is 1. The van der Waals surface area contributed by atoms with Gasteiger partial charge in [-0.15, -0.1) is 10.2 Å². The van der Waals surface area contributed by atoms with Crippen LogP contribution >= 0.6 is 0 Å². The number of nitrogens with zero attached hydrogens (tertiary/aromatic N) is 4. The van der Waals surface area contributed by atoms with Crippen LogP contribution in [0.5, 0.6) is 0 Å². The number of aromatic nitrogens is 4. The molecule has 0 fully saturated rings. The molecule has 0 saturated carbocycles. The predicted molar refractivity (Wildman–Crippen MR) is 66.6 cm³/mol. The molecule has 1 aromatic heterocycles. The van der Waals surface area contributed by atoms with Crippen molar-refractivity contribution in [1.82, 2.24) is 25.5 Å². The average Bonchev–Trinajstić information content (AvgIpc) is 2.92. The SMILES string of the molecule is CN(C)C(=O)c1ccccc1NC(=O)c1nn[nH]n1. The number of H-pyrrole nitrogens is 1. The Morgan fingerprint density at radius 2 is 2.00 bits per heavy atom. The van der Waals surface area contributed by atoms with Crippen LogP contribution in [-0.2, 0) is 0 Å². The second-order valence-electron chi connectivity index (χ2n) is 3.93. The first-order valence-corrected chi connectivity index (χ1v) is 5.45. The van der Waals surface area contributed by atoms with E-state index in [9.17, 15) is 9.59 Å². The third kappa shape index (κ3) is 2.73. The van der Waals surface area contributed by atoms with Crippen LogP contribution in [-0.4, -0.2) is 51.4 Å². The van der Waals surface area contributed by atoms with Gasteiger partial charge < -0.3 is 10.2 Å². The minimum absolute atomic E-state index is 0.0906. The summed E-state index contributed by atoms with van der Waals surface area (Å²) in [7, 11) is 3.28. The van der Waals surface area contributed by atoms with Crippen LogP contribution < -0.4 is 5.32 Å². The number of hydrogen-bond acceptors (Lipinski definition) is 5. The molecule has 0 bridgehead atoms. The topological polar surface area (TPSA) is 104 Å². The first kappa shape index (κ1) is 12.7. The molecule has 0 atom stereocenters. The summed E-state index contributed by atoms with van der Waals surface area (Å²) in [5.41, 5.74) is 0.792. The number of rotatable bonds is 3. The maximum Gasteiger partial charge on any atom is 0.297 e. The number of aromatic amines is 1. The zero-order valence-electron chi connectivity index (χ0n) is 10.4. The minimum Gasteiger partial charge on any atom is -0.345 e. The van der Waals surface area contributed by atoms with E-state index >= 15 is 0 Å². The van der Waals surface area contributed by atoms with E-state index < -0.39 is 5.91 Å². The van der Waals surface area contributed by atoms with E-state index in [0.717, 1.165) is 0 Å². The molecule has 0 radical (unpaired) electrons. The maximum atomic E-state index is 12.0. The van der Waals surface area contributed by atoms with E-state index in [1.807, 2.05) is 0 Å². The quantitative estimate of drug-likeness (QED) is 0.817. The molecule has 98 valence electrons. The number of carbonyl (C=O) groups excluding carboxylic acids is 2. The summed E-state index contributed by atoms with van der Waals surface area (Å²) in [6.45, 7) is 0. The second-order valence-corrected chi connectivity index (χ2v) is 3.93. The fourth-order valence-corrected chi connectivity index (χ4v) is 1.46. The normalized spacial score (nSPS) is 10.0. The van der Waals surface area contributed by atoms with Crippen LogP contribution in [0.25, 0.3) is 0 Å². The molecule has 0 aliphatic carbocycles. The molecule has 0 aliphatic heterocycles. The Kier molecular flexibility index (Phi) is 3.51. The molecule has 0 unspecified atom stereocenters. The standard InChI is InChI=1S/C11H12N6O2/c1-17(2)11(19)7-5-3-4-6-8(7)12-10(18)9-13-15-16-14-9/h3-6H,1-2H3,(H,12,18)(H,13,14,15,16). The fourth-order valence-electron chi connectivity index (χ4n) is 1.46. The van der Waals surface area contributed by atoms with Crippen molar-refractivity contribution >= 4 is 17.5 Å². The summed E-state index contributed by atoms with van der Waals surface area (Å²) >= 11 is 0. The van der Waals surface area contributed by atoms with Crippen LogP contribution in [0.2, 0.25) is 0 Å². The van der Waals surface area contributed by atoms with Crippen molar-refractivity contribution in [3.8, 4) is 0 Å². The third-order valence-electron chi connectivity index (χ3n) is 2.36. The highest BCUT2D eigenvalue weighted by Gasteiger charge is 2.17. The number of anilines is 1. The zero-order valence-corrected chi connectivity index (χ0v) is 10.4. The highest BCUT2D eigenvalue weighted by molar-refractivity contribution is 6.07. The van der Waals surface area contributed by atoms with E-state index in [1.54, 1.807) is 38.4 Å². The zero-order chi connectivity index (χ0) is 13.8. The van der Waals surface area contributed by atoms with Crippen molar-refractivity contribution in [2.24, 2.45) is 0 Å². The number of nitrogens with one attached hydrogen (secondary N) is 2. The van der Waals surface area contributed by atoms with Crippen molar-refractivity contribution < 1.29 is 9.59 Å². The third-order valence-corrected chi connectivity index (χ3v) is 2.36. The Bertz CT molecular complexity index is 593. The number of amides is 2. The molecule has 0 saturated heterocycles. The molecule has 0 spiro atoms. The lowest BCUT2D eigenvalue weighted by Crippen LogP contribution is -2.24. The summed E-state index contributed by atoms with van der Waals surface area (Å²) in [4.78, 5) is 25.2. The molecular formula is C11H12N6O2. The van der Waals surface area contributed by atoms with Gasteiger partial charge in [-0.1, -0.05) is 12.1 Å². The van der Waals surface area contributed by atoms with E-state index in [2.05, 4.69) is 25.9 Å². The van der Waals surface area contributed by atoms with Crippen molar-refractivity contribution in [3.63, 3.8) is 0 Å². The summed E-state index contributed by atoms with van der Waals surface area (Å²) in [6.07, 6.45) is 0. The number of benzene rings is 1.